The van der Waals surface area contributed by atoms with E-state index in [1.165, 1.54) is 23.2 Å². The first kappa shape index (κ1) is 22.2. The molecule has 32 heavy (non-hydrogen) atoms. The van der Waals surface area contributed by atoms with Crippen molar-refractivity contribution >= 4 is 33.1 Å². The Bertz CT molecular complexity index is 1180. The number of hydrogen-bond acceptors (Lipinski definition) is 7. The number of carbonyl (C=O) groups is 1. The summed E-state index contributed by atoms with van der Waals surface area (Å²) in [5.74, 6) is 0.204. The van der Waals surface area contributed by atoms with Gasteiger partial charge in [-0.1, -0.05) is 49.6 Å². The lowest BCUT2D eigenvalue weighted by Crippen LogP contribution is -2.41. The average molecular weight is 459 g/mol. The maximum absolute atomic E-state index is 12.5. The highest BCUT2D eigenvalue weighted by Gasteiger charge is 2.29. The Hall–Kier alpha value is -3.05. The highest BCUT2D eigenvalue weighted by atomic mass is 32.2. The molecule has 1 aliphatic carbocycles. The standard InChI is InChI=1S/C21H26N6O4S/c1-32(29,30)27(17-10-6-3-7-11-17)15-26-14-24-18-19(22-13-23-20(18)26)25-21(28)31-12-16-8-4-2-5-9-16/h2,4-5,8-9,13-14,17H,3,6-7,10-12,15H2,1H3,(H,22,23,25,28). The monoisotopic (exact) mass is 458 g/mol. The fraction of sp³-hybridized carbons (Fsp3) is 0.429. The van der Waals surface area contributed by atoms with Gasteiger partial charge in [-0.2, -0.15) is 4.31 Å². The summed E-state index contributed by atoms with van der Waals surface area (Å²) in [5, 5.41) is 2.60. The number of hydrogen-bond donors (Lipinski definition) is 1. The van der Waals surface area contributed by atoms with Crippen LogP contribution < -0.4 is 5.32 Å². The number of ether oxygens (including phenoxy) is 1. The highest BCUT2D eigenvalue weighted by Crippen LogP contribution is 2.26. The van der Waals surface area contributed by atoms with E-state index in [2.05, 4.69) is 20.3 Å². The van der Waals surface area contributed by atoms with Gasteiger partial charge in [0.15, 0.2) is 17.0 Å². The molecule has 10 nitrogen and oxygen atoms in total. The molecule has 170 valence electrons. The normalized spacial score (nSPS) is 15.2. The molecule has 1 amide bonds. The molecule has 0 unspecified atom stereocenters. The van der Waals surface area contributed by atoms with Crippen LogP contribution in [-0.2, 0) is 28.0 Å². The average Bonchev–Trinajstić information content (AvgIpc) is 3.20. The quantitative estimate of drug-likeness (QED) is 0.578. The zero-order chi connectivity index (χ0) is 22.6. The molecule has 1 N–H and O–H groups in total. The van der Waals surface area contributed by atoms with E-state index in [4.69, 9.17) is 4.74 Å². The van der Waals surface area contributed by atoms with Crippen LogP contribution in [0.3, 0.4) is 0 Å². The molecule has 0 radical (unpaired) electrons. The van der Waals surface area contributed by atoms with Crippen LogP contribution in [0.4, 0.5) is 10.6 Å². The van der Waals surface area contributed by atoms with Crippen molar-refractivity contribution in [1.29, 1.82) is 0 Å². The van der Waals surface area contributed by atoms with Crippen LogP contribution in [0.5, 0.6) is 0 Å². The first-order chi connectivity index (χ1) is 15.4. The Morgan fingerprint density at radius 1 is 1.16 bits per heavy atom. The van der Waals surface area contributed by atoms with Crippen molar-refractivity contribution in [3.63, 3.8) is 0 Å². The zero-order valence-electron chi connectivity index (χ0n) is 17.8. The molecule has 1 fully saturated rings. The van der Waals surface area contributed by atoms with E-state index in [0.717, 1.165) is 37.7 Å². The predicted molar refractivity (Wildman–Crippen MR) is 119 cm³/mol. The number of benzene rings is 1. The van der Waals surface area contributed by atoms with Crippen LogP contribution >= 0.6 is 0 Å². The number of sulfonamides is 1. The first-order valence-electron chi connectivity index (χ1n) is 10.5. The summed E-state index contributed by atoms with van der Waals surface area (Å²) in [6, 6.07) is 9.30. The van der Waals surface area contributed by atoms with E-state index < -0.39 is 16.1 Å². The largest absolute Gasteiger partial charge is 0.444 e. The van der Waals surface area contributed by atoms with Gasteiger partial charge < -0.3 is 9.30 Å². The minimum absolute atomic E-state index is 0.0383. The van der Waals surface area contributed by atoms with E-state index in [-0.39, 0.29) is 25.1 Å². The molecular formula is C21H26N6O4S. The topological polar surface area (TPSA) is 119 Å². The molecule has 11 heteroatoms. The van der Waals surface area contributed by atoms with Gasteiger partial charge in [0, 0.05) is 6.04 Å². The maximum atomic E-state index is 12.5. The number of anilines is 1. The number of fused-ring (bicyclic) bond motifs is 1. The van der Waals surface area contributed by atoms with Crippen LogP contribution in [0.15, 0.2) is 43.0 Å². The number of carbonyl (C=O) groups excluding carboxylic acids is 1. The second-order valence-electron chi connectivity index (χ2n) is 7.88. The third-order valence-electron chi connectivity index (χ3n) is 5.53. The third kappa shape index (κ3) is 5.22. The molecule has 2 aromatic heterocycles. The Morgan fingerprint density at radius 3 is 2.62 bits per heavy atom. The highest BCUT2D eigenvalue weighted by molar-refractivity contribution is 7.88. The molecule has 1 saturated carbocycles. The number of nitrogens with zero attached hydrogens (tertiary/aromatic N) is 5. The first-order valence-corrected chi connectivity index (χ1v) is 12.4. The van der Waals surface area contributed by atoms with Crippen LogP contribution in [-0.4, -0.2) is 50.6 Å². The molecule has 0 saturated heterocycles. The second kappa shape index (κ2) is 9.61. The van der Waals surface area contributed by atoms with Crippen LogP contribution in [0.25, 0.3) is 11.2 Å². The summed E-state index contributed by atoms with van der Waals surface area (Å²) in [6.07, 6.45) is 8.23. The van der Waals surface area contributed by atoms with Crippen LogP contribution in [0.2, 0.25) is 0 Å². The van der Waals surface area contributed by atoms with Crippen molar-refractivity contribution < 1.29 is 17.9 Å². The van der Waals surface area contributed by atoms with Crippen molar-refractivity contribution in [2.45, 2.75) is 51.4 Å². The van der Waals surface area contributed by atoms with E-state index in [1.54, 1.807) is 4.57 Å². The minimum atomic E-state index is -3.42. The van der Waals surface area contributed by atoms with Crippen LogP contribution in [0.1, 0.15) is 37.7 Å². The van der Waals surface area contributed by atoms with E-state index >= 15 is 0 Å². The SMILES string of the molecule is CS(=O)(=O)N(Cn1cnc2c(NC(=O)OCc3ccccc3)ncnc21)C1CCCCC1. The number of nitrogens with one attached hydrogen (secondary N) is 1. The Balaban J connectivity index is 1.50. The maximum Gasteiger partial charge on any atom is 0.413 e. The fourth-order valence-corrected chi connectivity index (χ4v) is 5.03. The lowest BCUT2D eigenvalue weighted by Gasteiger charge is -2.32. The summed E-state index contributed by atoms with van der Waals surface area (Å²) in [5.41, 5.74) is 1.66. The molecule has 4 rings (SSSR count). The minimum Gasteiger partial charge on any atom is -0.444 e. The lowest BCUT2D eigenvalue weighted by atomic mass is 9.96. The molecule has 0 bridgehead atoms. The van der Waals surface area contributed by atoms with Gasteiger partial charge in [0.05, 0.1) is 19.3 Å². The molecule has 0 atom stereocenters. The molecule has 3 aromatic rings. The Labute approximate surface area is 186 Å². The Morgan fingerprint density at radius 2 is 1.91 bits per heavy atom. The molecule has 0 spiro atoms. The fourth-order valence-electron chi connectivity index (χ4n) is 3.94. The van der Waals surface area contributed by atoms with Crippen molar-refractivity contribution in [2.24, 2.45) is 0 Å². The second-order valence-corrected chi connectivity index (χ2v) is 9.81. The van der Waals surface area contributed by atoms with E-state index in [1.807, 2.05) is 30.3 Å². The van der Waals surface area contributed by atoms with Gasteiger partial charge in [0.1, 0.15) is 12.9 Å². The van der Waals surface area contributed by atoms with Gasteiger partial charge in [0.2, 0.25) is 10.0 Å². The van der Waals surface area contributed by atoms with Gasteiger partial charge in [-0.25, -0.2) is 28.2 Å². The van der Waals surface area contributed by atoms with Gasteiger partial charge in [-0.3, -0.25) is 5.32 Å². The molecule has 0 aliphatic heterocycles. The summed E-state index contributed by atoms with van der Waals surface area (Å²) in [6.45, 7) is 0.231. The van der Waals surface area contributed by atoms with Gasteiger partial charge >= 0.3 is 6.09 Å². The van der Waals surface area contributed by atoms with Crippen molar-refractivity contribution in [1.82, 2.24) is 23.8 Å². The molecule has 1 aliphatic rings. The molecule has 2 heterocycles. The zero-order valence-corrected chi connectivity index (χ0v) is 18.7. The predicted octanol–water partition coefficient (Wildman–Crippen LogP) is 3.13. The molecular weight excluding hydrogens is 432 g/mol. The van der Waals surface area contributed by atoms with Gasteiger partial charge in [-0.15, -0.1) is 0 Å². The van der Waals surface area contributed by atoms with Crippen molar-refractivity contribution in [2.75, 3.05) is 11.6 Å². The van der Waals surface area contributed by atoms with Crippen LogP contribution in [0, 0.1) is 0 Å². The Kier molecular flexibility index (Phi) is 6.66. The number of aromatic nitrogens is 4. The number of amides is 1. The third-order valence-corrected chi connectivity index (χ3v) is 6.80. The van der Waals surface area contributed by atoms with Crippen molar-refractivity contribution in [3.8, 4) is 0 Å². The van der Waals surface area contributed by atoms with E-state index in [0.29, 0.717) is 11.2 Å². The van der Waals surface area contributed by atoms with Gasteiger partial charge in [-0.05, 0) is 18.4 Å². The summed E-state index contributed by atoms with van der Waals surface area (Å²) < 4.78 is 33.4. The summed E-state index contributed by atoms with van der Waals surface area (Å²) in [4.78, 5) is 24.9. The number of imidazole rings is 1. The summed E-state index contributed by atoms with van der Waals surface area (Å²) >= 11 is 0. The van der Waals surface area contributed by atoms with E-state index in [9.17, 15) is 13.2 Å². The lowest BCUT2D eigenvalue weighted by molar-refractivity contribution is 0.155. The smallest absolute Gasteiger partial charge is 0.413 e. The van der Waals surface area contributed by atoms with Gasteiger partial charge in [0.25, 0.3) is 0 Å². The van der Waals surface area contributed by atoms with Crippen molar-refractivity contribution in [3.05, 3.63) is 48.5 Å². The summed E-state index contributed by atoms with van der Waals surface area (Å²) in [7, 11) is -3.42. The number of rotatable bonds is 7. The molecule has 1 aromatic carbocycles.